The van der Waals surface area contributed by atoms with Crippen molar-refractivity contribution < 1.29 is 14.5 Å². The van der Waals surface area contributed by atoms with Crippen LogP contribution in [0.5, 0.6) is 5.75 Å². The monoisotopic (exact) mass is 447 g/mol. The van der Waals surface area contributed by atoms with Crippen molar-refractivity contribution in [2.45, 2.75) is 19.3 Å². The summed E-state index contributed by atoms with van der Waals surface area (Å²) in [6, 6.07) is 14.5. The molecule has 5 rings (SSSR count). The van der Waals surface area contributed by atoms with Gasteiger partial charge in [-0.2, -0.15) is 0 Å². The van der Waals surface area contributed by atoms with E-state index in [2.05, 4.69) is 9.98 Å². The molecule has 2 aromatic rings. The van der Waals surface area contributed by atoms with Gasteiger partial charge in [0, 0.05) is 23.2 Å². The van der Waals surface area contributed by atoms with E-state index in [1.54, 1.807) is 31.3 Å². The van der Waals surface area contributed by atoms with Crippen molar-refractivity contribution in [2.24, 2.45) is 21.8 Å². The summed E-state index contributed by atoms with van der Waals surface area (Å²) < 4.78 is 6.05. The summed E-state index contributed by atoms with van der Waals surface area (Å²) in [5.41, 5.74) is 2.09. The minimum atomic E-state index is -0.511. The molecular weight excluding hydrogens is 430 g/mol. The van der Waals surface area contributed by atoms with Gasteiger partial charge < -0.3 is 4.74 Å². The first-order valence-corrected chi connectivity index (χ1v) is 10.6. The number of rotatable bonds is 3. The Kier molecular flexibility index (Phi) is 4.98. The molecule has 3 unspecified atom stereocenters. The van der Waals surface area contributed by atoms with Gasteiger partial charge in [-0.05, 0) is 24.1 Å². The summed E-state index contributed by atoms with van der Waals surface area (Å²) in [7, 11) is 0. The predicted octanol–water partition coefficient (Wildman–Crippen LogP) is 4.97. The Morgan fingerprint density at radius 3 is 2.69 bits per heavy atom. The molecule has 3 atom stereocenters. The molecule has 2 heterocycles. The number of nitro benzene ring substituents is 1. The molecule has 32 heavy (non-hydrogen) atoms. The number of carbonyl (C=O) groups excluding carboxylic acids is 1. The number of nitrogens with zero attached hydrogens (tertiary/aromatic N) is 3. The second-order valence-electron chi connectivity index (χ2n) is 7.95. The fourth-order valence-corrected chi connectivity index (χ4v) is 4.51. The van der Waals surface area contributed by atoms with E-state index in [-0.39, 0.29) is 23.1 Å². The van der Waals surface area contributed by atoms with Crippen LogP contribution in [0.2, 0.25) is 0 Å². The van der Waals surface area contributed by atoms with Gasteiger partial charge in [-0.1, -0.05) is 54.9 Å². The number of benzene rings is 2. The van der Waals surface area contributed by atoms with Gasteiger partial charge in [-0.3, -0.25) is 19.9 Å². The van der Waals surface area contributed by atoms with Crippen LogP contribution in [0.15, 0.2) is 81.0 Å². The number of fused-ring (bicyclic) bond motifs is 2. The Labute approximate surface area is 188 Å². The lowest BCUT2D eigenvalue weighted by Crippen LogP contribution is -2.34. The molecular formula is C24H18ClN3O4. The summed E-state index contributed by atoms with van der Waals surface area (Å²) in [6.45, 7) is 1.72. The maximum atomic E-state index is 12.8. The number of allylic oxidation sites excluding steroid dienone is 3. The molecule has 0 saturated carbocycles. The average molecular weight is 448 g/mol. The highest BCUT2D eigenvalue weighted by Gasteiger charge is 2.42. The Morgan fingerprint density at radius 1 is 1.16 bits per heavy atom. The smallest absolute Gasteiger partial charge is 0.276 e. The number of aliphatic imine (C=N–C) groups is 2. The van der Waals surface area contributed by atoms with Gasteiger partial charge in [-0.15, -0.1) is 0 Å². The Bertz CT molecular complexity index is 1260. The maximum Gasteiger partial charge on any atom is 0.276 e. The zero-order chi connectivity index (χ0) is 22.4. The van der Waals surface area contributed by atoms with Crippen LogP contribution in [-0.4, -0.2) is 22.8 Å². The molecule has 0 saturated heterocycles. The summed E-state index contributed by atoms with van der Waals surface area (Å²) in [4.78, 5) is 33.4. The summed E-state index contributed by atoms with van der Waals surface area (Å²) in [5.74, 6) is -0.894. The highest BCUT2D eigenvalue weighted by Crippen LogP contribution is 2.46. The van der Waals surface area contributed by atoms with Crippen molar-refractivity contribution in [3.8, 4) is 5.75 Å². The van der Waals surface area contributed by atoms with Crippen LogP contribution >= 0.6 is 11.6 Å². The number of carbonyl (C=O) groups is 1. The van der Waals surface area contributed by atoms with Crippen LogP contribution in [0.4, 0.5) is 5.69 Å². The Balaban J connectivity index is 1.67. The highest BCUT2D eigenvalue weighted by atomic mass is 35.5. The highest BCUT2D eigenvalue weighted by molar-refractivity contribution is 6.33. The number of halogens is 1. The van der Waals surface area contributed by atoms with Crippen LogP contribution in [-0.2, 0) is 11.2 Å². The third kappa shape index (κ3) is 3.35. The van der Waals surface area contributed by atoms with E-state index in [0.29, 0.717) is 34.4 Å². The van der Waals surface area contributed by atoms with Crippen molar-refractivity contribution in [3.63, 3.8) is 0 Å². The molecule has 2 aliphatic heterocycles. The lowest BCUT2D eigenvalue weighted by atomic mass is 9.79. The third-order valence-corrected chi connectivity index (χ3v) is 6.43. The van der Waals surface area contributed by atoms with Gasteiger partial charge in [0.15, 0.2) is 5.78 Å². The number of ether oxygens (including phenoxy) is 1. The Hall–Kier alpha value is -3.58. The van der Waals surface area contributed by atoms with Crippen molar-refractivity contribution in [1.82, 2.24) is 0 Å². The molecule has 0 spiro atoms. The number of hydrogen-bond acceptors (Lipinski definition) is 6. The molecule has 0 radical (unpaired) electrons. The molecule has 0 N–H and O–H groups in total. The van der Waals surface area contributed by atoms with E-state index in [1.807, 2.05) is 30.3 Å². The third-order valence-electron chi connectivity index (χ3n) is 6.00. The molecule has 1 aliphatic carbocycles. The average Bonchev–Trinajstić information content (AvgIpc) is 2.97. The molecule has 8 heteroatoms. The second-order valence-corrected chi connectivity index (χ2v) is 8.38. The molecule has 0 bridgehead atoms. The number of Topliss-reactive ketones (excluding diaryl/α,β-unsaturated/α-hetero) is 1. The minimum absolute atomic E-state index is 0.00881. The van der Waals surface area contributed by atoms with Crippen LogP contribution in [0.3, 0.4) is 0 Å². The van der Waals surface area contributed by atoms with Crippen molar-refractivity contribution >= 4 is 35.2 Å². The van der Waals surface area contributed by atoms with Gasteiger partial charge in [0.1, 0.15) is 11.4 Å². The number of hydrogen-bond donors (Lipinski definition) is 0. The lowest BCUT2D eigenvalue weighted by Gasteiger charge is -2.31. The van der Waals surface area contributed by atoms with Crippen molar-refractivity contribution in [2.75, 3.05) is 0 Å². The largest absolute Gasteiger partial charge is 0.442 e. The van der Waals surface area contributed by atoms with Gasteiger partial charge in [-0.25, -0.2) is 4.99 Å². The quantitative estimate of drug-likeness (QED) is 0.490. The van der Waals surface area contributed by atoms with E-state index in [0.717, 1.165) is 5.56 Å². The second kappa shape index (κ2) is 7.84. The molecule has 7 nitrogen and oxygen atoms in total. The minimum Gasteiger partial charge on any atom is -0.442 e. The fourth-order valence-electron chi connectivity index (χ4n) is 4.31. The zero-order valence-electron chi connectivity index (χ0n) is 17.1. The molecule has 3 aliphatic rings. The van der Waals surface area contributed by atoms with Crippen molar-refractivity contribution in [3.05, 3.63) is 92.3 Å². The Morgan fingerprint density at radius 2 is 1.94 bits per heavy atom. The van der Waals surface area contributed by atoms with Crippen LogP contribution in [0.1, 0.15) is 24.0 Å². The fraction of sp³-hybridized carbons (Fsp3) is 0.208. The molecule has 0 fully saturated rings. The SMILES string of the molecule is CC1C(=O)C2=C(C=C1Cl)N=CC1C(=N2)Oc2cccc([N+](=O)[O-])c2C1Cc1ccccc1. The maximum absolute atomic E-state index is 12.8. The van der Waals surface area contributed by atoms with Crippen LogP contribution < -0.4 is 4.74 Å². The number of ketones is 1. The zero-order valence-corrected chi connectivity index (χ0v) is 17.8. The molecule has 2 aromatic carbocycles. The van der Waals surface area contributed by atoms with E-state index in [9.17, 15) is 14.9 Å². The summed E-state index contributed by atoms with van der Waals surface area (Å²) in [5, 5.41) is 12.2. The van der Waals surface area contributed by atoms with E-state index in [1.165, 1.54) is 6.07 Å². The molecule has 160 valence electrons. The predicted molar refractivity (Wildman–Crippen MR) is 121 cm³/mol. The van der Waals surface area contributed by atoms with E-state index >= 15 is 0 Å². The molecule has 0 aromatic heterocycles. The first-order chi connectivity index (χ1) is 15.4. The normalized spacial score (nSPS) is 23.8. The first-order valence-electron chi connectivity index (χ1n) is 10.2. The molecule has 0 amide bonds. The summed E-state index contributed by atoms with van der Waals surface area (Å²) in [6.07, 6.45) is 3.82. The van der Waals surface area contributed by atoms with Crippen LogP contribution in [0, 0.1) is 22.0 Å². The van der Waals surface area contributed by atoms with Gasteiger partial charge in [0.2, 0.25) is 5.90 Å². The summed E-state index contributed by atoms with van der Waals surface area (Å²) >= 11 is 6.23. The van der Waals surface area contributed by atoms with Crippen LogP contribution in [0.25, 0.3) is 0 Å². The van der Waals surface area contributed by atoms with E-state index < -0.39 is 16.8 Å². The topological polar surface area (TPSA) is 94.2 Å². The van der Waals surface area contributed by atoms with E-state index in [4.69, 9.17) is 16.3 Å². The standard InChI is InChI=1S/C24H18ClN3O4/c1-13-17(25)11-18-22(23(13)29)27-24-16(12-26-18)15(10-14-6-3-2-4-7-14)21-19(28(30)31)8-5-9-20(21)32-24/h2-9,11-13,15-16H,10H2,1H3. The number of nitro groups is 1. The van der Waals surface area contributed by atoms with Gasteiger partial charge in [0.05, 0.1) is 28.0 Å². The lowest BCUT2D eigenvalue weighted by molar-refractivity contribution is -0.385. The first kappa shape index (κ1) is 20.3. The van der Waals surface area contributed by atoms with Gasteiger partial charge >= 0.3 is 0 Å². The van der Waals surface area contributed by atoms with Crippen molar-refractivity contribution in [1.29, 1.82) is 0 Å². The van der Waals surface area contributed by atoms with Gasteiger partial charge in [0.25, 0.3) is 5.69 Å².